The molecule has 0 amide bonds. The van der Waals surface area contributed by atoms with Crippen LogP contribution in [0.15, 0.2) is 23.3 Å². The van der Waals surface area contributed by atoms with E-state index in [0.29, 0.717) is 17.1 Å². The highest BCUT2D eigenvalue weighted by molar-refractivity contribution is 5.88. The molecule has 6 nitrogen and oxygen atoms in total. The molecule has 0 aromatic rings. The van der Waals surface area contributed by atoms with Crippen LogP contribution in [0.4, 0.5) is 0 Å². The molecule has 0 saturated heterocycles. The second-order valence-electron chi connectivity index (χ2n) is 11.7. The monoisotopic (exact) mass is 448 g/mol. The molecular weight excluding hydrogens is 408 g/mol. The summed E-state index contributed by atoms with van der Waals surface area (Å²) in [4.78, 5) is 12.7. The maximum absolute atomic E-state index is 12.7. The van der Waals surface area contributed by atoms with Crippen LogP contribution in [0, 0.1) is 46.3 Å². The number of ether oxygens (including phenoxy) is 1. The van der Waals surface area contributed by atoms with Crippen LogP contribution < -0.4 is 0 Å². The molecule has 0 aliphatic heterocycles. The molecule has 6 heteroatoms. The smallest absolute Gasteiger partial charge is 0.334 e. The molecule has 0 heterocycles. The molecule has 0 radical (unpaired) electrons. The van der Waals surface area contributed by atoms with E-state index in [0.717, 1.165) is 6.42 Å². The predicted molar refractivity (Wildman–Crippen MR) is 120 cm³/mol. The van der Waals surface area contributed by atoms with Gasteiger partial charge in [0.25, 0.3) is 0 Å². The van der Waals surface area contributed by atoms with Gasteiger partial charge >= 0.3 is 5.97 Å². The zero-order chi connectivity index (χ0) is 24.0. The molecule has 2 bridgehead atoms. The molecule has 3 saturated carbocycles. The number of esters is 1. The zero-order valence-electron chi connectivity index (χ0n) is 20.4. The van der Waals surface area contributed by atoms with Crippen molar-refractivity contribution < 1.29 is 30.0 Å². The molecule has 180 valence electrons. The Labute approximate surface area is 191 Å². The predicted octanol–water partition coefficient (Wildman–Crippen LogP) is 2.45. The van der Waals surface area contributed by atoms with Crippen LogP contribution in [0.25, 0.3) is 0 Å². The van der Waals surface area contributed by atoms with Gasteiger partial charge < -0.3 is 25.2 Å². The topological polar surface area (TPSA) is 107 Å². The van der Waals surface area contributed by atoms with Crippen molar-refractivity contribution in [3.63, 3.8) is 0 Å². The molecule has 4 aliphatic rings. The standard InChI is InChI=1S/C26H40O6/c1-8-12(2)23(30)32-22-13(3)10-25-14(4)9-17-19(24(17,6)7)18(21(25)29)15(5)16(11-27)20(28)26(22,25)31/h8,10,14-22,27-29,31H,9,11H2,1-7H3/b12-8-/t14-,15+,16?,17-,18+,19-,20-,21+,22?,25+,26+/m1/s1. The third-order valence-electron chi connectivity index (χ3n) is 10.1. The lowest BCUT2D eigenvalue weighted by molar-refractivity contribution is -0.234. The fourth-order valence-electron chi connectivity index (χ4n) is 8.08. The summed E-state index contributed by atoms with van der Waals surface area (Å²) in [6.07, 6.45) is 0.954. The number of hydrogen-bond donors (Lipinski definition) is 4. The van der Waals surface area contributed by atoms with Gasteiger partial charge in [-0.2, -0.15) is 0 Å². The van der Waals surface area contributed by atoms with E-state index in [2.05, 4.69) is 13.8 Å². The van der Waals surface area contributed by atoms with Crippen LogP contribution in [0.3, 0.4) is 0 Å². The Bertz CT molecular complexity index is 860. The molecule has 3 fully saturated rings. The van der Waals surface area contributed by atoms with Gasteiger partial charge in [-0.25, -0.2) is 4.79 Å². The van der Waals surface area contributed by atoms with Crippen molar-refractivity contribution in [2.75, 3.05) is 6.61 Å². The van der Waals surface area contributed by atoms with Gasteiger partial charge in [0, 0.05) is 18.1 Å². The van der Waals surface area contributed by atoms with Crippen LogP contribution >= 0.6 is 0 Å². The van der Waals surface area contributed by atoms with E-state index in [4.69, 9.17) is 4.74 Å². The highest BCUT2D eigenvalue weighted by atomic mass is 16.6. The average Bonchev–Trinajstić information content (AvgIpc) is 3.21. The lowest BCUT2D eigenvalue weighted by Crippen LogP contribution is -2.67. The number of aliphatic hydroxyl groups is 4. The molecule has 0 aromatic carbocycles. The minimum Gasteiger partial charge on any atom is -0.451 e. The third-order valence-corrected chi connectivity index (χ3v) is 10.1. The molecule has 4 aliphatic carbocycles. The quantitative estimate of drug-likeness (QED) is 0.300. The molecule has 11 atom stereocenters. The Kier molecular flexibility index (Phi) is 5.53. The van der Waals surface area contributed by atoms with Gasteiger partial charge in [0.1, 0.15) is 5.60 Å². The first-order chi connectivity index (χ1) is 14.8. The first-order valence-electron chi connectivity index (χ1n) is 12.0. The number of rotatable bonds is 3. The molecule has 0 aromatic heterocycles. The SMILES string of the molecule is C/C=C(/C)C(=O)OC1C(C)=C[C@@]23[C@H](C)C[C@@H]4[C@H]([C@H]([C@@H](C)C(CO)[C@@H](O)[C@]12O)[C@@H]3O)C4(C)C. The van der Waals surface area contributed by atoms with Gasteiger partial charge in [-0.1, -0.05) is 39.8 Å². The maximum atomic E-state index is 12.7. The second-order valence-corrected chi connectivity index (χ2v) is 11.7. The van der Waals surface area contributed by atoms with E-state index < -0.39 is 41.2 Å². The number of carbonyl (C=O) groups is 1. The maximum Gasteiger partial charge on any atom is 0.334 e. The van der Waals surface area contributed by atoms with Crippen molar-refractivity contribution in [2.24, 2.45) is 46.3 Å². The number of hydrogen-bond acceptors (Lipinski definition) is 6. The molecule has 32 heavy (non-hydrogen) atoms. The van der Waals surface area contributed by atoms with E-state index in [-0.39, 0.29) is 35.7 Å². The molecular formula is C26H40O6. The van der Waals surface area contributed by atoms with Crippen molar-refractivity contribution in [1.82, 2.24) is 0 Å². The van der Waals surface area contributed by atoms with Crippen LogP contribution in [-0.2, 0) is 9.53 Å². The second kappa shape index (κ2) is 7.39. The zero-order valence-corrected chi connectivity index (χ0v) is 20.4. The lowest BCUT2D eigenvalue weighted by Gasteiger charge is -2.52. The van der Waals surface area contributed by atoms with Crippen LogP contribution in [0.5, 0.6) is 0 Å². The van der Waals surface area contributed by atoms with Gasteiger partial charge in [0.15, 0.2) is 6.10 Å². The summed E-state index contributed by atoms with van der Waals surface area (Å²) in [5, 5.41) is 46.5. The fourth-order valence-corrected chi connectivity index (χ4v) is 8.08. The Balaban J connectivity index is 1.91. The fraction of sp³-hybridized carbons (Fsp3) is 0.808. The lowest BCUT2D eigenvalue weighted by atomic mass is 9.58. The number of fused-ring (bicyclic) bond motifs is 3. The summed E-state index contributed by atoms with van der Waals surface area (Å²) < 4.78 is 5.83. The Morgan fingerprint density at radius 1 is 1.25 bits per heavy atom. The van der Waals surface area contributed by atoms with Crippen LogP contribution in [0.2, 0.25) is 0 Å². The first-order valence-corrected chi connectivity index (χ1v) is 12.0. The van der Waals surface area contributed by atoms with Gasteiger partial charge in [-0.3, -0.25) is 0 Å². The third kappa shape index (κ3) is 2.70. The van der Waals surface area contributed by atoms with Crippen molar-refractivity contribution in [3.8, 4) is 0 Å². The van der Waals surface area contributed by atoms with Crippen molar-refractivity contribution in [1.29, 1.82) is 0 Å². The summed E-state index contributed by atoms with van der Waals surface area (Å²) in [6.45, 7) is 13.3. The summed E-state index contributed by atoms with van der Waals surface area (Å²) >= 11 is 0. The number of allylic oxidation sites excluding steroid dienone is 1. The number of carbonyl (C=O) groups excluding carboxylic acids is 1. The van der Waals surface area contributed by atoms with Crippen molar-refractivity contribution >= 4 is 5.97 Å². The van der Waals surface area contributed by atoms with E-state index in [1.54, 1.807) is 26.8 Å². The minimum atomic E-state index is -1.93. The summed E-state index contributed by atoms with van der Waals surface area (Å²) in [7, 11) is 0. The molecule has 4 N–H and O–H groups in total. The van der Waals surface area contributed by atoms with E-state index >= 15 is 0 Å². The largest absolute Gasteiger partial charge is 0.451 e. The van der Waals surface area contributed by atoms with Crippen molar-refractivity contribution in [3.05, 3.63) is 23.3 Å². The van der Waals surface area contributed by atoms with Crippen molar-refractivity contribution in [2.45, 2.75) is 78.8 Å². The van der Waals surface area contributed by atoms with Gasteiger partial charge in [-0.05, 0) is 67.8 Å². The van der Waals surface area contributed by atoms with E-state index in [9.17, 15) is 25.2 Å². The Morgan fingerprint density at radius 2 is 1.88 bits per heavy atom. The average molecular weight is 449 g/mol. The summed E-state index contributed by atoms with van der Waals surface area (Å²) in [5.41, 5.74) is -1.99. The highest BCUT2D eigenvalue weighted by Gasteiger charge is 2.78. The minimum absolute atomic E-state index is 0.0649. The summed E-state index contributed by atoms with van der Waals surface area (Å²) in [5.74, 6) is -1.10. The highest BCUT2D eigenvalue weighted by Crippen LogP contribution is 2.74. The van der Waals surface area contributed by atoms with Crippen LogP contribution in [-0.4, -0.2) is 56.9 Å². The van der Waals surface area contributed by atoms with E-state index in [1.807, 2.05) is 19.9 Å². The molecule has 2 unspecified atom stereocenters. The van der Waals surface area contributed by atoms with Gasteiger partial charge in [0.05, 0.1) is 17.6 Å². The molecule has 4 rings (SSSR count). The van der Waals surface area contributed by atoms with Crippen LogP contribution in [0.1, 0.15) is 54.9 Å². The Hall–Kier alpha value is -1.21. The van der Waals surface area contributed by atoms with Gasteiger partial charge in [-0.15, -0.1) is 0 Å². The first kappa shape index (κ1) is 23.9. The molecule has 1 spiro atoms. The normalized spacial score (nSPS) is 51.7. The summed E-state index contributed by atoms with van der Waals surface area (Å²) in [6, 6.07) is 0. The van der Waals surface area contributed by atoms with Gasteiger partial charge in [0.2, 0.25) is 0 Å². The Morgan fingerprint density at radius 3 is 2.44 bits per heavy atom. The van der Waals surface area contributed by atoms with E-state index in [1.165, 1.54) is 0 Å². The number of aliphatic hydroxyl groups excluding tert-OH is 3.